The second-order valence-corrected chi connectivity index (χ2v) is 5.40. The molecular formula is C20H23NO2. The van der Waals surface area contributed by atoms with Gasteiger partial charge in [-0.25, -0.2) is 0 Å². The fraction of sp³-hybridized carbons (Fsp3) is 0.250. The molecule has 0 aromatic heterocycles. The predicted molar refractivity (Wildman–Crippen MR) is 95.7 cm³/mol. The Balaban J connectivity index is 1.92. The number of hydrogen-bond acceptors (Lipinski definition) is 2. The first kappa shape index (κ1) is 16.8. The standard InChI is InChI=1S/C20H23NO2/c1-3-4-6-16-9-12-18(13-10-16)21-20(22)14-11-17-7-5-8-19(15-17)23-2/h5,7-15H,3-4,6H2,1-2H3,(H,21,22)/b14-11+. The summed E-state index contributed by atoms with van der Waals surface area (Å²) in [7, 11) is 1.62. The average Bonchev–Trinajstić information content (AvgIpc) is 2.59. The number of hydrogen-bond donors (Lipinski definition) is 1. The largest absolute Gasteiger partial charge is 0.497 e. The van der Waals surface area contributed by atoms with E-state index in [4.69, 9.17) is 4.74 Å². The maximum Gasteiger partial charge on any atom is 0.248 e. The maximum absolute atomic E-state index is 12.0. The number of nitrogens with one attached hydrogen (secondary N) is 1. The van der Waals surface area contributed by atoms with Crippen molar-refractivity contribution < 1.29 is 9.53 Å². The number of rotatable bonds is 7. The SMILES string of the molecule is CCCCc1ccc(NC(=O)/C=C/c2cccc(OC)c2)cc1. The monoisotopic (exact) mass is 309 g/mol. The summed E-state index contributed by atoms with van der Waals surface area (Å²) in [5, 5.41) is 2.87. The van der Waals surface area contributed by atoms with E-state index >= 15 is 0 Å². The van der Waals surface area contributed by atoms with Crippen molar-refractivity contribution in [1.82, 2.24) is 0 Å². The number of anilines is 1. The summed E-state index contributed by atoms with van der Waals surface area (Å²) < 4.78 is 5.16. The molecule has 0 spiro atoms. The lowest BCUT2D eigenvalue weighted by atomic mass is 10.1. The first-order valence-electron chi connectivity index (χ1n) is 7.93. The van der Waals surface area contributed by atoms with Crippen molar-refractivity contribution in [3.8, 4) is 5.75 Å². The summed E-state index contributed by atoms with van der Waals surface area (Å²) in [5.41, 5.74) is 3.04. The highest BCUT2D eigenvalue weighted by atomic mass is 16.5. The molecule has 0 aliphatic carbocycles. The van der Waals surface area contributed by atoms with Gasteiger partial charge in [0.05, 0.1) is 7.11 Å². The van der Waals surface area contributed by atoms with Crippen LogP contribution in [0, 0.1) is 0 Å². The fourth-order valence-corrected chi connectivity index (χ4v) is 2.24. The topological polar surface area (TPSA) is 38.3 Å². The van der Waals surface area contributed by atoms with Crippen LogP contribution in [-0.4, -0.2) is 13.0 Å². The van der Waals surface area contributed by atoms with Gasteiger partial charge in [0, 0.05) is 11.8 Å². The van der Waals surface area contributed by atoms with Gasteiger partial charge in [0.1, 0.15) is 5.75 Å². The molecule has 120 valence electrons. The first-order valence-corrected chi connectivity index (χ1v) is 7.93. The molecule has 0 atom stereocenters. The molecule has 0 saturated heterocycles. The van der Waals surface area contributed by atoms with Crippen LogP contribution in [0.2, 0.25) is 0 Å². The highest BCUT2D eigenvalue weighted by molar-refractivity contribution is 6.01. The van der Waals surface area contributed by atoms with E-state index in [2.05, 4.69) is 24.4 Å². The zero-order valence-corrected chi connectivity index (χ0v) is 13.7. The Morgan fingerprint density at radius 1 is 1.17 bits per heavy atom. The molecule has 3 nitrogen and oxygen atoms in total. The van der Waals surface area contributed by atoms with Crippen molar-refractivity contribution in [1.29, 1.82) is 0 Å². The van der Waals surface area contributed by atoms with Gasteiger partial charge in [0.2, 0.25) is 5.91 Å². The van der Waals surface area contributed by atoms with Crippen LogP contribution < -0.4 is 10.1 Å². The highest BCUT2D eigenvalue weighted by Gasteiger charge is 1.99. The Labute approximate surface area is 138 Å². The lowest BCUT2D eigenvalue weighted by Crippen LogP contribution is -2.07. The minimum Gasteiger partial charge on any atom is -0.497 e. The quantitative estimate of drug-likeness (QED) is 0.754. The predicted octanol–water partition coefficient (Wildman–Crippen LogP) is 4.69. The summed E-state index contributed by atoms with van der Waals surface area (Å²) in [5.74, 6) is 0.629. The number of ether oxygens (including phenoxy) is 1. The van der Waals surface area contributed by atoms with E-state index in [1.807, 2.05) is 36.4 Å². The molecule has 3 heteroatoms. The Morgan fingerprint density at radius 2 is 1.96 bits per heavy atom. The van der Waals surface area contributed by atoms with Crippen LogP contribution >= 0.6 is 0 Å². The van der Waals surface area contributed by atoms with Crippen molar-refractivity contribution >= 4 is 17.7 Å². The molecule has 0 bridgehead atoms. The Bertz CT molecular complexity index is 660. The van der Waals surface area contributed by atoms with E-state index in [0.29, 0.717) is 0 Å². The van der Waals surface area contributed by atoms with E-state index in [1.165, 1.54) is 24.5 Å². The van der Waals surface area contributed by atoms with Gasteiger partial charge < -0.3 is 10.1 Å². The third kappa shape index (κ3) is 5.62. The zero-order valence-electron chi connectivity index (χ0n) is 13.7. The van der Waals surface area contributed by atoms with Crippen LogP contribution in [0.4, 0.5) is 5.69 Å². The van der Waals surface area contributed by atoms with Crippen LogP contribution in [0.3, 0.4) is 0 Å². The van der Waals surface area contributed by atoms with Gasteiger partial charge in [-0.1, -0.05) is 37.6 Å². The van der Waals surface area contributed by atoms with Gasteiger partial charge in [0.25, 0.3) is 0 Å². The lowest BCUT2D eigenvalue weighted by Gasteiger charge is -2.04. The number of carbonyl (C=O) groups excluding carboxylic acids is 1. The molecule has 0 saturated carbocycles. The molecule has 2 aromatic rings. The van der Waals surface area contributed by atoms with Crippen LogP contribution in [0.25, 0.3) is 6.08 Å². The number of unbranched alkanes of at least 4 members (excludes halogenated alkanes) is 1. The van der Waals surface area contributed by atoms with Crippen molar-refractivity contribution in [2.75, 3.05) is 12.4 Å². The summed E-state index contributed by atoms with van der Waals surface area (Å²) in [6.07, 6.45) is 6.76. The van der Waals surface area contributed by atoms with Crippen molar-refractivity contribution in [3.63, 3.8) is 0 Å². The molecule has 2 rings (SSSR count). The Kier molecular flexibility index (Phi) is 6.42. The molecular weight excluding hydrogens is 286 g/mol. The molecule has 2 aromatic carbocycles. The molecule has 0 fully saturated rings. The Morgan fingerprint density at radius 3 is 2.65 bits per heavy atom. The van der Waals surface area contributed by atoms with E-state index in [1.54, 1.807) is 13.2 Å². The summed E-state index contributed by atoms with van der Waals surface area (Å²) in [6, 6.07) is 15.6. The van der Waals surface area contributed by atoms with E-state index in [-0.39, 0.29) is 5.91 Å². The number of amides is 1. The fourth-order valence-electron chi connectivity index (χ4n) is 2.24. The van der Waals surface area contributed by atoms with Gasteiger partial charge in [-0.3, -0.25) is 4.79 Å². The van der Waals surface area contributed by atoms with E-state index in [0.717, 1.165) is 23.4 Å². The molecule has 0 unspecified atom stereocenters. The van der Waals surface area contributed by atoms with Crippen LogP contribution in [0.15, 0.2) is 54.6 Å². The average molecular weight is 309 g/mol. The summed E-state index contributed by atoms with van der Waals surface area (Å²) in [6.45, 7) is 2.18. The highest BCUT2D eigenvalue weighted by Crippen LogP contribution is 2.14. The van der Waals surface area contributed by atoms with Crippen LogP contribution in [0.1, 0.15) is 30.9 Å². The van der Waals surface area contributed by atoms with Crippen molar-refractivity contribution in [2.24, 2.45) is 0 Å². The molecule has 1 N–H and O–H groups in total. The zero-order chi connectivity index (χ0) is 16.5. The van der Waals surface area contributed by atoms with Gasteiger partial charge in [-0.05, 0) is 54.3 Å². The number of benzene rings is 2. The van der Waals surface area contributed by atoms with Gasteiger partial charge in [-0.15, -0.1) is 0 Å². The third-order valence-electron chi connectivity index (χ3n) is 3.56. The van der Waals surface area contributed by atoms with Crippen molar-refractivity contribution in [2.45, 2.75) is 26.2 Å². The second kappa shape index (κ2) is 8.79. The maximum atomic E-state index is 12.0. The summed E-state index contributed by atoms with van der Waals surface area (Å²) >= 11 is 0. The Hall–Kier alpha value is -2.55. The summed E-state index contributed by atoms with van der Waals surface area (Å²) in [4.78, 5) is 12.0. The minimum atomic E-state index is -0.144. The molecule has 1 amide bonds. The minimum absolute atomic E-state index is 0.144. The molecule has 0 aliphatic heterocycles. The van der Waals surface area contributed by atoms with Gasteiger partial charge in [-0.2, -0.15) is 0 Å². The normalized spacial score (nSPS) is 10.7. The van der Waals surface area contributed by atoms with E-state index < -0.39 is 0 Å². The number of carbonyl (C=O) groups is 1. The second-order valence-electron chi connectivity index (χ2n) is 5.40. The van der Waals surface area contributed by atoms with Crippen LogP contribution in [0.5, 0.6) is 5.75 Å². The molecule has 0 radical (unpaired) electrons. The first-order chi connectivity index (χ1) is 11.2. The smallest absolute Gasteiger partial charge is 0.248 e. The van der Waals surface area contributed by atoms with Gasteiger partial charge >= 0.3 is 0 Å². The van der Waals surface area contributed by atoms with Crippen molar-refractivity contribution in [3.05, 3.63) is 65.7 Å². The number of aryl methyl sites for hydroxylation is 1. The van der Waals surface area contributed by atoms with Crippen LogP contribution in [-0.2, 0) is 11.2 Å². The van der Waals surface area contributed by atoms with E-state index in [9.17, 15) is 4.79 Å². The third-order valence-corrected chi connectivity index (χ3v) is 3.56. The van der Waals surface area contributed by atoms with Gasteiger partial charge in [0.15, 0.2) is 0 Å². The number of methoxy groups -OCH3 is 1. The molecule has 23 heavy (non-hydrogen) atoms. The molecule has 0 aliphatic rings. The molecule has 0 heterocycles. The lowest BCUT2D eigenvalue weighted by molar-refractivity contribution is -0.111.